The number of aromatic amines is 1. The van der Waals surface area contributed by atoms with Crippen molar-refractivity contribution >= 4 is 11.6 Å². The Morgan fingerprint density at radius 3 is 3.11 bits per heavy atom. The molecule has 0 aliphatic carbocycles. The number of aromatic nitrogens is 1. The molecule has 1 fully saturated rings. The summed E-state index contributed by atoms with van der Waals surface area (Å²) in [6.45, 7) is 2.49. The highest BCUT2D eigenvalue weighted by molar-refractivity contribution is 5.93. The Bertz CT molecular complexity index is 439. The monoisotopic (exact) mass is 254 g/mol. The summed E-state index contributed by atoms with van der Waals surface area (Å²) in [5.74, 6) is -0.378. The molecule has 98 valence electrons. The van der Waals surface area contributed by atoms with Crippen molar-refractivity contribution in [1.82, 2.24) is 15.6 Å². The largest absolute Gasteiger partial charge is 0.374 e. The number of nitrogens with one attached hydrogen (secondary N) is 3. The molecule has 1 amide bonds. The van der Waals surface area contributed by atoms with E-state index in [0.29, 0.717) is 19.7 Å². The summed E-state index contributed by atoms with van der Waals surface area (Å²) >= 11 is 0. The van der Waals surface area contributed by atoms with Crippen molar-refractivity contribution in [2.45, 2.75) is 6.10 Å². The van der Waals surface area contributed by atoms with Crippen molar-refractivity contribution in [3.8, 4) is 0 Å². The normalized spacial score (nSPS) is 19.4. The van der Waals surface area contributed by atoms with Crippen LogP contribution in [-0.2, 0) is 4.74 Å². The minimum atomic E-state index is -0.554. The van der Waals surface area contributed by atoms with E-state index in [-0.39, 0.29) is 23.4 Å². The number of nitrogens with zero attached hydrogens (tertiary/aromatic N) is 1. The number of hydrogen-bond acceptors (Lipinski definition) is 5. The van der Waals surface area contributed by atoms with Crippen molar-refractivity contribution in [2.75, 3.05) is 26.2 Å². The molecule has 1 aromatic rings. The zero-order valence-electron chi connectivity index (χ0n) is 9.64. The third-order valence-electron chi connectivity index (χ3n) is 2.62. The van der Waals surface area contributed by atoms with Crippen molar-refractivity contribution in [2.24, 2.45) is 0 Å². The van der Waals surface area contributed by atoms with E-state index in [1.54, 1.807) is 0 Å². The van der Waals surface area contributed by atoms with Gasteiger partial charge in [0.2, 0.25) is 0 Å². The third-order valence-corrected chi connectivity index (χ3v) is 2.62. The summed E-state index contributed by atoms with van der Waals surface area (Å²) in [5, 5.41) is 16.3. The summed E-state index contributed by atoms with van der Waals surface area (Å²) in [7, 11) is 0. The van der Waals surface area contributed by atoms with Gasteiger partial charge in [-0.3, -0.25) is 14.9 Å². The Labute approximate surface area is 103 Å². The summed E-state index contributed by atoms with van der Waals surface area (Å²) in [6.07, 6.45) is 1.13. The van der Waals surface area contributed by atoms with E-state index in [9.17, 15) is 14.9 Å². The van der Waals surface area contributed by atoms with Gasteiger partial charge in [0, 0.05) is 25.7 Å². The standard InChI is InChI=1S/C10H14N4O4/c15-10(9-3-7(4-12-9)14(16)17)13-6-8-5-11-1-2-18-8/h3-4,8,11-12H,1-2,5-6H2,(H,13,15). The lowest BCUT2D eigenvalue weighted by Gasteiger charge is -2.23. The van der Waals surface area contributed by atoms with Gasteiger partial charge in [0.25, 0.3) is 11.6 Å². The number of carbonyl (C=O) groups is 1. The van der Waals surface area contributed by atoms with Gasteiger partial charge < -0.3 is 20.4 Å². The molecule has 0 bridgehead atoms. The Balaban J connectivity index is 1.84. The van der Waals surface area contributed by atoms with E-state index in [1.807, 2.05) is 0 Å². The Hall–Kier alpha value is -1.93. The highest BCUT2D eigenvalue weighted by Gasteiger charge is 2.17. The summed E-state index contributed by atoms with van der Waals surface area (Å²) in [4.78, 5) is 24.2. The molecule has 1 aromatic heterocycles. The molecule has 1 aliphatic heterocycles. The number of hydrogen-bond donors (Lipinski definition) is 3. The molecular weight excluding hydrogens is 240 g/mol. The van der Waals surface area contributed by atoms with Crippen molar-refractivity contribution in [3.63, 3.8) is 0 Å². The molecule has 0 radical (unpaired) electrons. The number of rotatable bonds is 4. The van der Waals surface area contributed by atoms with Gasteiger partial charge in [0.05, 0.1) is 23.8 Å². The van der Waals surface area contributed by atoms with Crippen LogP contribution in [0.15, 0.2) is 12.3 Å². The van der Waals surface area contributed by atoms with Crippen LogP contribution >= 0.6 is 0 Å². The maximum absolute atomic E-state index is 11.7. The van der Waals surface area contributed by atoms with Gasteiger partial charge in [-0.1, -0.05) is 0 Å². The summed E-state index contributed by atoms with van der Waals surface area (Å²) in [6, 6.07) is 1.20. The molecule has 18 heavy (non-hydrogen) atoms. The average molecular weight is 254 g/mol. The molecule has 8 nitrogen and oxygen atoms in total. The van der Waals surface area contributed by atoms with Crippen molar-refractivity contribution < 1.29 is 14.5 Å². The van der Waals surface area contributed by atoms with Crippen LogP contribution in [0.5, 0.6) is 0 Å². The summed E-state index contributed by atoms with van der Waals surface area (Å²) < 4.78 is 5.41. The lowest BCUT2D eigenvalue weighted by atomic mass is 10.3. The van der Waals surface area contributed by atoms with Crippen molar-refractivity contribution in [1.29, 1.82) is 0 Å². The molecule has 0 aromatic carbocycles. The predicted molar refractivity (Wildman–Crippen MR) is 62.4 cm³/mol. The van der Waals surface area contributed by atoms with E-state index in [0.717, 1.165) is 6.54 Å². The lowest BCUT2D eigenvalue weighted by molar-refractivity contribution is -0.384. The second-order valence-corrected chi connectivity index (χ2v) is 3.94. The number of H-pyrrole nitrogens is 1. The SMILES string of the molecule is O=C(NCC1CNCCO1)c1cc([N+](=O)[O-])c[nH]1. The first-order valence-corrected chi connectivity index (χ1v) is 5.60. The fraction of sp³-hybridized carbons (Fsp3) is 0.500. The Morgan fingerprint density at radius 2 is 2.50 bits per heavy atom. The minimum Gasteiger partial charge on any atom is -0.374 e. The van der Waals surface area contributed by atoms with Crippen LogP contribution in [0.4, 0.5) is 5.69 Å². The van der Waals surface area contributed by atoms with Gasteiger partial charge >= 0.3 is 0 Å². The van der Waals surface area contributed by atoms with Gasteiger partial charge in [-0.2, -0.15) is 0 Å². The fourth-order valence-electron chi connectivity index (χ4n) is 1.67. The zero-order chi connectivity index (χ0) is 13.0. The van der Waals surface area contributed by atoms with Gasteiger partial charge in [0.1, 0.15) is 5.69 Å². The van der Waals surface area contributed by atoms with Crippen LogP contribution < -0.4 is 10.6 Å². The average Bonchev–Trinajstić information content (AvgIpc) is 2.87. The molecule has 0 saturated carbocycles. The summed E-state index contributed by atoms with van der Waals surface area (Å²) in [5.41, 5.74) is 0.0428. The van der Waals surface area contributed by atoms with E-state index >= 15 is 0 Å². The predicted octanol–water partition coefficient (Wildman–Crippen LogP) is -0.359. The van der Waals surface area contributed by atoms with Gasteiger partial charge in [-0.05, 0) is 0 Å². The molecule has 0 spiro atoms. The smallest absolute Gasteiger partial charge is 0.287 e. The molecule has 8 heteroatoms. The van der Waals surface area contributed by atoms with Crippen LogP contribution in [0, 0.1) is 10.1 Å². The minimum absolute atomic E-state index is 0.0624. The molecule has 2 heterocycles. The number of morpholine rings is 1. The molecular formula is C10H14N4O4. The van der Waals surface area contributed by atoms with Crippen LogP contribution in [0.1, 0.15) is 10.5 Å². The number of ether oxygens (including phenoxy) is 1. The van der Waals surface area contributed by atoms with Gasteiger partial charge in [0.15, 0.2) is 0 Å². The van der Waals surface area contributed by atoms with Crippen LogP contribution in [0.3, 0.4) is 0 Å². The fourth-order valence-corrected chi connectivity index (χ4v) is 1.67. The highest BCUT2D eigenvalue weighted by Crippen LogP contribution is 2.11. The first kappa shape index (κ1) is 12.5. The zero-order valence-corrected chi connectivity index (χ0v) is 9.64. The topological polar surface area (TPSA) is 109 Å². The maximum Gasteiger partial charge on any atom is 0.287 e. The van der Waals surface area contributed by atoms with Crippen LogP contribution in [0.2, 0.25) is 0 Å². The first-order valence-electron chi connectivity index (χ1n) is 5.60. The molecule has 1 unspecified atom stereocenters. The lowest BCUT2D eigenvalue weighted by Crippen LogP contribution is -2.45. The Kier molecular flexibility index (Phi) is 3.90. The van der Waals surface area contributed by atoms with E-state index in [1.165, 1.54) is 12.3 Å². The van der Waals surface area contributed by atoms with E-state index in [2.05, 4.69) is 15.6 Å². The van der Waals surface area contributed by atoms with Crippen LogP contribution in [0.25, 0.3) is 0 Å². The van der Waals surface area contributed by atoms with E-state index < -0.39 is 4.92 Å². The third kappa shape index (κ3) is 3.05. The second-order valence-electron chi connectivity index (χ2n) is 3.94. The maximum atomic E-state index is 11.7. The van der Waals surface area contributed by atoms with Gasteiger partial charge in [-0.15, -0.1) is 0 Å². The molecule has 1 atom stereocenters. The highest BCUT2D eigenvalue weighted by atomic mass is 16.6. The Morgan fingerprint density at radius 1 is 1.67 bits per heavy atom. The van der Waals surface area contributed by atoms with Gasteiger partial charge in [-0.25, -0.2) is 0 Å². The quantitative estimate of drug-likeness (QED) is 0.502. The molecule has 1 aliphatic rings. The molecule has 2 rings (SSSR count). The molecule has 3 N–H and O–H groups in total. The second kappa shape index (κ2) is 5.61. The first-order chi connectivity index (χ1) is 8.66. The van der Waals surface area contributed by atoms with E-state index in [4.69, 9.17) is 4.74 Å². The van der Waals surface area contributed by atoms with Crippen LogP contribution in [-0.4, -0.2) is 48.2 Å². The van der Waals surface area contributed by atoms with Crippen molar-refractivity contribution in [3.05, 3.63) is 28.1 Å². The number of amides is 1. The molecule has 1 saturated heterocycles. The number of nitro groups is 1. The number of carbonyl (C=O) groups excluding carboxylic acids is 1.